The lowest BCUT2D eigenvalue weighted by atomic mass is 10.1. The molecule has 0 unspecified atom stereocenters. The molecule has 4 atom stereocenters. The zero-order valence-electron chi connectivity index (χ0n) is 12.1. The molecule has 2 heterocycles. The van der Waals surface area contributed by atoms with E-state index in [9.17, 15) is 19.8 Å². The first kappa shape index (κ1) is 16.8. The van der Waals surface area contributed by atoms with Gasteiger partial charge in [0.05, 0.1) is 5.92 Å². The number of carbonyl (C=O) groups is 1. The molecule has 0 saturated carbocycles. The van der Waals surface area contributed by atoms with Crippen LogP contribution < -0.4 is 5.56 Å². The van der Waals surface area contributed by atoms with Crippen LogP contribution in [0.5, 0.6) is 0 Å². The minimum atomic E-state index is -1.26. The Morgan fingerprint density at radius 3 is 2.77 bits per heavy atom. The molecule has 1 aliphatic rings. The van der Waals surface area contributed by atoms with Gasteiger partial charge < -0.3 is 19.7 Å². The second-order valence-electron chi connectivity index (χ2n) is 5.35. The van der Waals surface area contributed by atoms with E-state index in [1.54, 1.807) is 13.8 Å². The van der Waals surface area contributed by atoms with Crippen molar-refractivity contribution >= 4 is 18.2 Å². The van der Waals surface area contributed by atoms with Crippen LogP contribution in [-0.4, -0.2) is 50.7 Å². The molecule has 1 saturated heterocycles. The van der Waals surface area contributed by atoms with Gasteiger partial charge in [-0.2, -0.15) is 0 Å². The van der Waals surface area contributed by atoms with E-state index in [4.69, 9.17) is 21.7 Å². The molecule has 0 amide bonds. The van der Waals surface area contributed by atoms with Crippen LogP contribution in [0.3, 0.4) is 0 Å². The molecule has 1 aromatic rings. The first-order valence-electron chi connectivity index (χ1n) is 6.81. The van der Waals surface area contributed by atoms with E-state index in [1.165, 1.54) is 16.8 Å². The van der Waals surface area contributed by atoms with E-state index in [0.29, 0.717) is 0 Å². The van der Waals surface area contributed by atoms with Crippen molar-refractivity contribution < 1.29 is 24.5 Å². The Morgan fingerprint density at radius 1 is 1.50 bits per heavy atom. The first-order chi connectivity index (χ1) is 10.3. The van der Waals surface area contributed by atoms with Gasteiger partial charge in [0, 0.05) is 12.3 Å². The predicted octanol–water partition coefficient (Wildman–Crippen LogP) is -0.276. The molecular formula is C13H18N2O6S. The largest absolute Gasteiger partial charge is 0.463 e. The number of aromatic nitrogens is 2. The van der Waals surface area contributed by atoms with Crippen molar-refractivity contribution in [3.63, 3.8) is 0 Å². The normalized spacial score (nSPS) is 28.0. The van der Waals surface area contributed by atoms with E-state index in [0.717, 1.165) is 0 Å². The average Bonchev–Trinajstić information content (AvgIpc) is 2.73. The Hall–Kier alpha value is -1.55. The van der Waals surface area contributed by atoms with Crippen molar-refractivity contribution in [1.29, 1.82) is 0 Å². The summed E-state index contributed by atoms with van der Waals surface area (Å²) < 4.78 is 11.9. The third kappa shape index (κ3) is 3.43. The second-order valence-corrected chi connectivity index (χ2v) is 5.74. The summed E-state index contributed by atoms with van der Waals surface area (Å²) in [6, 6.07) is 1.23. The topological polar surface area (TPSA) is 114 Å². The number of hydrogen-bond donors (Lipinski definition) is 3. The number of aliphatic hydroxyl groups is 2. The van der Waals surface area contributed by atoms with Crippen LogP contribution in [0.1, 0.15) is 20.1 Å². The molecule has 1 aliphatic heterocycles. The number of rotatable bonds is 4. The Kier molecular flexibility index (Phi) is 5.12. The number of nitrogens with one attached hydrogen (secondary N) is 1. The highest BCUT2D eigenvalue weighted by molar-refractivity contribution is 7.71. The van der Waals surface area contributed by atoms with E-state index in [1.807, 2.05) is 0 Å². The SMILES string of the molecule is CC(C)C(=O)OC[C@H]1O[C@@H](n2ccc(=O)[nH]c2=S)[C@H](O)[C@@H]1O. The zero-order valence-corrected chi connectivity index (χ0v) is 12.9. The van der Waals surface area contributed by atoms with Crippen LogP contribution >= 0.6 is 12.2 Å². The van der Waals surface area contributed by atoms with E-state index in [2.05, 4.69) is 4.98 Å². The number of ether oxygens (including phenoxy) is 2. The number of carbonyl (C=O) groups excluding carboxylic acids is 1. The third-order valence-electron chi connectivity index (χ3n) is 3.32. The summed E-state index contributed by atoms with van der Waals surface area (Å²) in [6.07, 6.45) is -2.98. The first-order valence-corrected chi connectivity index (χ1v) is 7.21. The summed E-state index contributed by atoms with van der Waals surface area (Å²) >= 11 is 5.00. The molecule has 122 valence electrons. The van der Waals surface area contributed by atoms with E-state index >= 15 is 0 Å². The lowest BCUT2D eigenvalue weighted by Crippen LogP contribution is -2.35. The van der Waals surface area contributed by atoms with Gasteiger partial charge in [-0.05, 0) is 12.2 Å². The molecule has 22 heavy (non-hydrogen) atoms. The predicted molar refractivity (Wildman–Crippen MR) is 77.6 cm³/mol. The number of esters is 1. The molecule has 8 nitrogen and oxygen atoms in total. The van der Waals surface area contributed by atoms with Gasteiger partial charge in [0.2, 0.25) is 0 Å². The molecule has 3 N–H and O–H groups in total. The Balaban J connectivity index is 2.11. The lowest BCUT2D eigenvalue weighted by molar-refractivity contribution is -0.153. The van der Waals surface area contributed by atoms with Crippen molar-refractivity contribution in [3.8, 4) is 0 Å². The summed E-state index contributed by atoms with van der Waals surface area (Å²) in [5, 5.41) is 20.1. The molecule has 0 aliphatic carbocycles. The molecule has 0 radical (unpaired) electrons. The molecular weight excluding hydrogens is 312 g/mol. The summed E-state index contributed by atoms with van der Waals surface area (Å²) in [4.78, 5) is 25.0. The maximum atomic E-state index is 11.4. The van der Waals surface area contributed by atoms with Crippen molar-refractivity contribution in [2.24, 2.45) is 5.92 Å². The van der Waals surface area contributed by atoms with Crippen LogP contribution in [0, 0.1) is 10.7 Å². The van der Waals surface area contributed by atoms with Crippen LogP contribution in [0.2, 0.25) is 0 Å². The van der Waals surface area contributed by atoms with Crippen LogP contribution in [-0.2, 0) is 14.3 Å². The maximum Gasteiger partial charge on any atom is 0.308 e. The van der Waals surface area contributed by atoms with Crippen LogP contribution in [0.15, 0.2) is 17.1 Å². The fourth-order valence-corrected chi connectivity index (χ4v) is 2.32. The molecule has 0 aromatic carbocycles. The Morgan fingerprint density at radius 2 is 2.18 bits per heavy atom. The van der Waals surface area contributed by atoms with E-state index in [-0.39, 0.29) is 22.9 Å². The van der Waals surface area contributed by atoms with Crippen LogP contribution in [0.25, 0.3) is 0 Å². The van der Waals surface area contributed by atoms with Gasteiger partial charge in [-0.1, -0.05) is 13.8 Å². The van der Waals surface area contributed by atoms with Crippen molar-refractivity contribution in [2.75, 3.05) is 6.61 Å². The molecule has 9 heteroatoms. The standard InChI is InChI=1S/C13H18N2O6S/c1-6(2)12(19)20-5-7-9(17)10(18)11(21-7)15-4-3-8(16)14-13(15)22/h3-4,6-7,9-11,17-18H,5H2,1-2H3,(H,14,16,22)/t7-,9-,10-,11-/m1/s1. The Labute approximate surface area is 131 Å². The van der Waals surface area contributed by atoms with Crippen molar-refractivity contribution in [1.82, 2.24) is 9.55 Å². The average molecular weight is 330 g/mol. The lowest BCUT2D eigenvalue weighted by Gasteiger charge is -2.18. The zero-order chi connectivity index (χ0) is 16.4. The molecule has 0 spiro atoms. The molecule has 2 rings (SSSR count). The quantitative estimate of drug-likeness (QED) is 0.514. The van der Waals surface area contributed by atoms with Gasteiger partial charge in [-0.25, -0.2) is 0 Å². The highest BCUT2D eigenvalue weighted by Gasteiger charge is 2.44. The molecule has 0 bridgehead atoms. The van der Waals surface area contributed by atoms with Crippen molar-refractivity contribution in [2.45, 2.75) is 38.4 Å². The Bertz CT molecular complexity index is 654. The van der Waals surface area contributed by atoms with Crippen molar-refractivity contribution in [3.05, 3.63) is 27.4 Å². The van der Waals surface area contributed by atoms with Crippen LogP contribution in [0.4, 0.5) is 0 Å². The number of hydrogen-bond acceptors (Lipinski definition) is 7. The smallest absolute Gasteiger partial charge is 0.308 e. The number of aliphatic hydroxyl groups excluding tert-OH is 2. The third-order valence-corrected chi connectivity index (χ3v) is 3.64. The molecule has 1 fully saturated rings. The maximum absolute atomic E-state index is 11.4. The fourth-order valence-electron chi connectivity index (χ4n) is 2.06. The van der Waals surface area contributed by atoms with Gasteiger partial charge in [0.1, 0.15) is 24.9 Å². The highest BCUT2D eigenvalue weighted by Crippen LogP contribution is 2.29. The van der Waals surface area contributed by atoms with Gasteiger partial charge in [-0.3, -0.25) is 19.1 Å². The molecule has 1 aromatic heterocycles. The summed E-state index contributed by atoms with van der Waals surface area (Å²) in [6.45, 7) is 3.19. The van der Waals surface area contributed by atoms with Gasteiger partial charge >= 0.3 is 5.97 Å². The summed E-state index contributed by atoms with van der Waals surface area (Å²) in [5.74, 6) is -0.721. The number of nitrogens with zero attached hydrogens (tertiary/aromatic N) is 1. The monoisotopic (exact) mass is 330 g/mol. The number of aromatic amines is 1. The minimum Gasteiger partial charge on any atom is -0.463 e. The fraction of sp³-hybridized carbons (Fsp3) is 0.615. The number of H-pyrrole nitrogens is 1. The summed E-state index contributed by atoms with van der Waals surface area (Å²) in [5.41, 5.74) is -0.378. The summed E-state index contributed by atoms with van der Waals surface area (Å²) in [7, 11) is 0. The second kappa shape index (κ2) is 6.69. The highest BCUT2D eigenvalue weighted by atomic mass is 32.1. The van der Waals surface area contributed by atoms with Gasteiger partial charge in [0.25, 0.3) is 5.56 Å². The van der Waals surface area contributed by atoms with E-state index < -0.39 is 30.5 Å². The van der Waals surface area contributed by atoms with Gasteiger partial charge in [0.15, 0.2) is 11.0 Å². The van der Waals surface area contributed by atoms with Gasteiger partial charge in [-0.15, -0.1) is 0 Å². The minimum absolute atomic E-state index is 0.0589.